The van der Waals surface area contributed by atoms with Crippen LogP contribution < -0.4 is 5.32 Å². The van der Waals surface area contributed by atoms with Crippen LogP contribution in [0.4, 0.5) is 40.8 Å². The monoisotopic (exact) mass is 422 g/mol. The number of halogens is 8. The van der Waals surface area contributed by atoms with Gasteiger partial charge in [-0.1, -0.05) is 30.3 Å². The van der Waals surface area contributed by atoms with Crippen LogP contribution in [0.5, 0.6) is 0 Å². The van der Waals surface area contributed by atoms with Gasteiger partial charge in [0, 0.05) is 6.08 Å². The van der Waals surface area contributed by atoms with Crippen molar-refractivity contribution in [2.75, 3.05) is 11.9 Å². The normalized spacial score (nSPS) is 17.2. The summed E-state index contributed by atoms with van der Waals surface area (Å²) in [5, 5.41) is 1.22. The SMILES string of the molecule is Fc1c(F)c(F)c(NC(=CC2=NC(c3ccccc3)CO2)C(F)(F)F)c(F)c1F. The fourth-order valence-electron chi connectivity index (χ4n) is 2.48. The van der Waals surface area contributed by atoms with E-state index in [1.807, 2.05) is 0 Å². The standard InChI is InChI=1S/C18H10F8N2O/c19-12-13(20)15(22)17(16(23)14(12)21)28-10(18(24,25)26)6-11-27-9(7-29-11)8-4-2-1-3-5-8/h1-6,9,28H,7H2. The maximum Gasteiger partial charge on any atom is 0.431 e. The molecule has 1 N–H and O–H groups in total. The predicted octanol–water partition coefficient (Wildman–Crippen LogP) is 5.41. The molecule has 1 heterocycles. The molecule has 3 rings (SSSR count). The molecule has 3 nitrogen and oxygen atoms in total. The van der Waals surface area contributed by atoms with E-state index in [0.717, 1.165) is 0 Å². The third-order valence-corrected chi connectivity index (χ3v) is 3.90. The molecule has 0 amide bonds. The molecular formula is C18H10F8N2O. The predicted molar refractivity (Wildman–Crippen MR) is 86.6 cm³/mol. The van der Waals surface area contributed by atoms with Crippen LogP contribution in [0.25, 0.3) is 0 Å². The van der Waals surface area contributed by atoms with E-state index in [1.165, 1.54) is 5.32 Å². The molecule has 0 saturated carbocycles. The Morgan fingerprint density at radius 2 is 1.48 bits per heavy atom. The van der Waals surface area contributed by atoms with Crippen LogP contribution in [0.3, 0.4) is 0 Å². The average Bonchev–Trinajstić information content (AvgIpc) is 3.16. The summed E-state index contributed by atoms with van der Waals surface area (Å²) in [4.78, 5) is 3.93. The van der Waals surface area contributed by atoms with Crippen LogP contribution in [-0.4, -0.2) is 18.7 Å². The summed E-state index contributed by atoms with van der Waals surface area (Å²) in [5.74, 6) is -12.7. The third-order valence-electron chi connectivity index (χ3n) is 3.90. The Hall–Kier alpha value is -3.11. The highest BCUT2D eigenvalue weighted by Crippen LogP contribution is 2.33. The van der Waals surface area contributed by atoms with E-state index in [-0.39, 0.29) is 12.7 Å². The maximum atomic E-state index is 13.7. The van der Waals surface area contributed by atoms with Crippen LogP contribution in [-0.2, 0) is 4.74 Å². The fraction of sp³-hybridized carbons (Fsp3) is 0.167. The molecule has 0 spiro atoms. The lowest BCUT2D eigenvalue weighted by atomic mass is 10.1. The molecule has 0 aromatic heterocycles. The lowest BCUT2D eigenvalue weighted by molar-refractivity contribution is -0.0902. The van der Waals surface area contributed by atoms with Gasteiger partial charge in [-0.3, -0.25) is 0 Å². The van der Waals surface area contributed by atoms with E-state index < -0.39 is 58.6 Å². The number of allylic oxidation sites excluding steroid dienone is 1. The number of nitrogens with one attached hydrogen (secondary N) is 1. The van der Waals surface area contributed by atoms with E-state index in [4.69, 9.17) is 4.74 Å². The number of anilines is 1. The summed E-state index contributed by atoms with van der Waals surface area (Å²) in [6.07, 6.45) is -4.96. The van der Waals surface area contributed by atoms with E-state index in [1.54, 1.807) is 30.3 Å². The van der Waals surface area contributed by atoms with Crippen molar-refractivity contribution >= 4 is 11.6 Å². The average molecular weight is 422 g/mol. The van der Waals surface area contributed by atoms with Crippen molar-refractivity contribution in [3.63, 3.8) is 0 Å². The van der Waals surface area contributed by atoms with Crippen molar-refractivity contribution in [2.45, 2.75) is 12.2 Å². The molecule has 0 fully saturated rings. The molecule has 1 atom stereocenters. The minimum Gasteiger partial charge on any atom is -0.475 e. The van der Waals surface area contributed by atoms with E-state index >= 15 is 0 Å². The summed E-state index contributed by atoms with van der Waals surface area (Å²) < 4.78 is 112. The molecule has 29 heavy (non-hydrogen) atoms. The third kappa shape index (κ3) is 4.17. The fourth-order valence-corrected chi connectivity index (χ4v) is 2.48. The second-order valence-corrected chi connectivity index (χ2v) is 5.83. The van der Waals surface area contributed by atoms with E-state index in [2.05, 4.69) is 4.99 Å². The number of benzene rings is 2. The second kappa shape index (κ2) is 7.72. The zero-order valence-electron chi connectivity index (χ0n) is 14.1. The second-order valence-electron chi connectivity index (χ2n) is 5.83. The molecule has 0 saturated heterocycles. The molecule has 1 unspecified atom stereocenters. The first-order chi connectivity index (χ1) is 13.6. The Kier molecular flexibility index (Phi) is 5.49. The molecule has 0 aliphatic carbocycles. The number of aliphatic imine (C=N–C) groups is 1. The van der Waals surface area contributed by atoms with Gasteiger partial charge in [-0.05, 0) is 5.56 Å². The lowest BCUT2D eigenvalue weighted by Gasteiger charge is -2.16. The number of nitrogens with zero attached hydrogens (tertiary/aromatic N) is 1. The molecule has 2 aromatic rings. The maximum absolute atomic E-state index is 13.7. The minimum absolute atomic E-state index is 0.0937. The zero-order chi connectivity index (χ0) is 21.3. The van der Waals surface area contributed by atoms with Gasteiger partial charge < -0.3 is 10.1 Å². The summed E-state index contributed by atoms with van der Waals surface area (Å²) in [6.45, 7) is -0.0937. The van der Waals surface area contributed by atoms with Crippen molar-refractivity contribution in [1.82, 2.24) is 0 Å². The van der Waals surface area contributed by atoms with Crippen LogP contribution in [0, 0.1) is 29.1 Å². The number of ether oxygens (including phenoxy) is 1. The molecular weight excluding hydrogens is 412 g/mol. The van der Waals surface area contributed by atoms with Gasteiger partial charge in [0.15, 0.2) is 23.3 Å². The van der Waals surface area contributed by atoms with E-state index in [0.29, 0.717) is 5.56 Å². The Bertz CT molecular complexity index is 957. The molecule has 0 radical (unpaired) electrons. The lowest BCUT2D eigenvalue weighted by Crippen LogP contribution is -2.22. The van der Waals surface area contributed by atoms with Crippen LogP contribution in [0.15, 0.2) is 47.1 Å². The minimum atomic E-state index is -5.24. The van der Waals surface area contributed by atoms with Crippen molar-refractivity contribution in [2.24, 2.45) is 4.99 Å². The highest BCUT2D eigenvalue weighted by Gasteiger charge is 2.37. The smallest absolute Gasteiger partial charge is 0.431 e. The molecule has 0 bridgehead atoms. The topological polar surface area (TPSA) is 33.6 Å². The van der Waals surface area contributed by atoms with Gasteiger partial charge >= 0.3 is 6.18 Å². The van der Waals surface area contributed by atoms with Crippen LogP contribution in [0.1, 0.15) is 11.6 Å². The van der Waals surface area contributed by atoms with Crippen LogP contribution in [0.2, 0.25) is 0 Å². The van der Waals surface area contributed by atoms with Gasteiger partial charge in [-0.2, -0.15) is 13.2 Å². The Labute approximate surface area is 158 Å². The van der Waals surface area contributed by atoms with Gasteiger partial charge in [-0.15, -0.1) is 0 Å². The summed E-state index contributed by atoms with van der Waals surface area (Å²) in [7, 11) is 0. The number of alkyl halides is 3. The molecule has 11 heteroatoms. The zero-order valence-corrected chi connectivity index (χ0v) is 14.1. The highest BCUT2D eigenvalue weighted by molar-refractivity contribution is 5.90. The first-order valence-corrected chi connectivity index (χ1v) is 7.92. The first kappa shape index (κ1) is 20.6. The number of hydrogen-bond donors (Lipinski definition) is 1. The van der Waals surface area contributed by atoms with Crippen molar-refractivity contribution in [3.8, 4) is 0 Å². The Morgan fingerprint density at radius 3 is 2.03 bits per heavy atom. The van der Waals surface area contributed by atoms with Crippen molar-refractivity contribution in [3.05, 3.63) is 76.8 Å². The largest absolute Gasteiger partial charge is 0.475 e. The van der Waals surface area contributed by atoms with Crippen molar-refractivity contribution in [1.29, 1.82) is 0 Å². The summed E-state index contributed by atoms with van der Waals surface area (Å²) in [6, 6.07) is 7.81. The van der Waals surface area contributed by atoms with Gasteiger partial charge in [0.2, 0.25) is 11.7 Å². The van der Waals surface area contributed by atoms with Crippen molar-refractivity contribution < 1.29 is 39.9 Å². The Morgan fingerprint density at radius 1 is 0.931 bits per heavy atom. The van der Waals surface area contributed by atoms with Gasteiger partial charge in [0.25, 0.3) is 0 Å². The molecule has 1 aliphatic heterocycles. The summed E-state index contributed by atoms with van der Waals surface area (Å²) >= 11 is 0. The Balaban J connectivity index is 1.97. The highest BCUT2D eigenvalue weighted by atomic mass is 19.4. The number of rotatable bonds is 4. The van der Waals surface area contributed by atoms with E-state index in [9.17, 15) is 35.1 Å². The van der Waals surface area contributed by atoms with Gasteiger partial charge in [0.1, 0.15) is 24.0 Å². The van der Waals surface area contributed by atoms with Crippen LogP contribution >= 0.6 is 0 Å². The van der Waals surface area contributed by atoms with Gasteiger partial charge in [-0.25, -0.2) is 26.9 Å². The molecule has 154 valence electrons. The molecule has 1 aliphatic rings. The quantitative estimate of drug-likeness (QED) is 0.406. The first-order valence-electron chi connectivity index (χ1n) is 7.92. The van der Waals surface area contributed by atoms with Gasteiger partial charge in [0.05, 0.1) is 0 Å². The molecule has 2 aromatic carbocycles. The summed E-state index contributed by atoms with van der Waals surface area (Å²) in [5.41, 5.74) is -3.02. The number of hydrogen-bond acceptors (Lipinski definition) is 3.